The first-order chi connectivity index (χ1) is 17.6. The van der Waals surface area contributed by atoms with Gasteiger partial charge in [0.25, 0.3) is 5.91 Å². The minimum absolute atomic E-state index is 0.230. The Labute approximate surface area is 212 Å². The van der Waals surface area contributed by atoms with E-state index in [1.165, 1.54) is 11.1 Å². The number of hydrogen-bond donors (Lipinski definition) is 2. The number of carbonyl (C=O) groups excluding carboxylic acids is 1. The van der Waals surface area contributed by atoms with Crippen molar-refractivity contribution in [3.63, 3.8) is 0 Å². The molecular weight excluding hydrogens is 448 g/mol. The quantitative estimate of drug-likeness (QED) is 0.306. The normalized spacial score (nSPS) is 11.7. The fourth-order valence-corrected chi connectivity index (χ4v) is 4.16. The molecule has 0 aromatic heterocycles. The second-order valence-electron chi connectivity index (χ2n) is 8.87. The summed E-state index contributed by atoms with van der Waals surface area (Å²) in [5.74, 6) is -1.45. The van der Waals surface area contributed by atoms with Gasteiger partial charge in [0.15, 0.2) is 0 Å². The van der Waals surface area contributed by atoms with Crippen LogP contribution in [0, 0.1) is 0 Å². The molecule has 4 aromatic carbocycles. The van der Waals surface area contributed by atoms with Gasteiger partial charge in [-0.05, 0) is 34.4 Å². The summed E-state index contributed by atoms with van der Waals surface area (Å²) in [6, 6.07) is 36.4. The van der Waals surface area contributed by atoms with Crippen LogP contribution < -0.4 is 5.32 Å². The third-order valence-corrected chi connectivity index (χ3v) is 6.01. The number of rotatable bonds is 11. The lowest BCUT2D eigenvalue weighted by molar-refractivity contribution is -0.139. The second-order valence-corrected chi connectivity index (χ2v) is 8.87. The van der Waals surface area contributed by atoms with Gasteiger partial charge in [-0.3, -0.25) is 9.69 Å². The third kappa shape index (κ3) is 7.39. The zero-order valence-electron chi connectivity index (χ0n) is 20.1. The molecule has 0 radical (unpaired) electrons. The van der Waals surface area contributed by atoms with Gasteiger partial charge in [0.05, 0.1) is 0 Å². The van der Waals surface area contributed by atoms with Crippen LogP contribution in [0.5, 0.6) is 0 Å². The number of hydrogen-bond acceptors (Lipinski definition) is 3. The molecule has 0 aliphatic carbocycles. The van der Waals surface area contributed by atoms with E-state index in [9.17, 15) is 14.7 Å². The first kappa shape index (κ1) is 24.9. The van der Waals surface area contributed by atoms with E-state index in [2.05, 4.69) is 34.5 Å². The summed E-state index contributed by atoms with van der Waals surface area (Å²) in [4.78, 5) is 26.9. The molecule has 0 heterocycles. The van der Waals surface area contributed by atoms with Gasteiger partial charge < -0.3 is 10.4 Å². The van der Waals surface area contributed by atoms with Gasteiger partial charge in [-0.1, -0.05) is 103 Å². The number of aliphatic carboxylic acids is 1. The summed E-state index contributed by atoms with van der Waals surface area (Å²) in [7, 11) is 0. The number of carbonyl (C=O) groups is 2. The lowest BCUT2D eigenvalue weighted by Gasteiger charge is -2.23. The van der Waals surface area contributed by atoms with Gasteiger partial charge in [-0.25, -0.2) is 4.79 Å². The molecule has 5 heteroatoms. The number of carboxylic acid groups (broad SMARTS) is 1. The Bertz CT molecular complexity index is 1200. The van der Waals surface area contributed by atoms with Crippen molar-refractivity contribution in [1.29, 1.82) is 0 Å². The predicted molar refractivity (Wildman–Crippen MR) is 141 cm³/mol. The lowest BCUT2D eigenvalue weighted by Crippen LogP contribution is -2.42. The standard InChI is InChI=1S/C31H30N2O3/c34-30(32-29(31(35)36)20-24-10-4-1-5-11-24)28-18-16-27(17-19-28)23-33(21-25-12-6-2-7-13-25)22-26-14-8-3-9-15-26/h1-19,29H,20-23H2,(H,32,34)(H,35,36)/t29-/m0/s1. The van der Waals surface area contributed by atoms with E-state index in [0.29, 0.717) is 5.56 Å². The van der Waals surface area contributed by atoms with Crippen molar-refractivity contribution in [2.24, 2.45) is 0 Å². The Kier molecular flexibility index (Phi) is 8.62. The number of amides is 1. The highest BCUT2D eigenvalue weighted by Gasteiger charge is 2.21. The molecule has 4 rings (SSSR count). The molecule has 182 valence electrons. The van der Waals surface area contributed by atoms with Crippen LogP contribution in [0.4, 0.5) is 0 Å². The van der Waals surface area contributed by atoms with Crippen molar-refractivity contribution in [2.75, 3.05) is 0 Å². The maximum absolute atomic E-state index is 12.8. The molecule has 0 bridgehead atoms. The molecule has 4 aromatic rings. The topological polar surface area (TPSA) is 69.6 Å². The van der Waals surface area contributed by atoms with Crippen molar-refractivity contribution in [1.82, 2.24) is 10.2 Å². The Morgan fingerprint density at radius 1 is 0.611 bits per heavy atom. The highest BCUT2D eigenvalue weighted by atomic mass is 16.4. The Hall–Kier alpha value is -4.22. The first-order valence-electron chi connectivity index (χ1n) is 12.0. The SMILES string of the molecule is O=C(N[C@@H](Cc1ccccc1)C(=O)O)c1ccc(CN(Cc2ccccc2)Cc2ccccc2)cc1. The smallest absolute Gasteiger partial charge is 0.326 e. The van der Waals surface area contributed by atoms with Crippen molar-refractivity contribution in [3.8, 4) is 0 Å². The van der Waals surface area contributed by atoms with Gasteiger partial charge in [-0.15, -0.1) is 0 Å². The maximum Gasteiger partial charge on any atom is 0.326 e. The molecule has 0 spiro atoms. The maximum atomic E-state index is 12.8. The number of nitrogens with zero attached hydrogens (tertiary/aromatic N) is 1. The summed E-state index contributed by atoms with van der Waals surface area (Å²) >= 11 is 0. The van der Waals surface area contributed by atoms with Crippen LogP contribution in [-0.4, -0.2) is 27.9 Å². The summed E-state index contributed by atoms with van der Waals surface area (Å²) < 4.78 is 0. The molecule has 1 amide bonds. The zero-order valence-corrected chi connectivity index (χ0v) is 20.1. The molecule has 0 aliphatic heterocycles. The molecule has 0 fully saturated rings. The Balaban J connectivity index is 1.42. The monoisotopic (exact) mass is 478 g/mol. The van der Waals surface area contributed by atoms with Gasteiger partial charge in [-0.2, -0.15) is 0 Å². The van der Waals surface area contributed by atoms with Gasteiger partial charge >= 0.3 is 5.97 Å². The van der Waals surface area contributed by atoms with Crippen LogP contribution in [0.3, 0.4) is 0 Å². The lowest BCUT2D eigenvalue weighted by atomic mass is 10.0. The average molecular weight is 479 g/mol. The van der Waals surface area contributed by atoms with Crippen LogP contribution in [0.2, 0.25) is 0 Å². The number of nitrogens with one attached hydrogen (secondary N) is 1. The molecule has 0 saturated carbocycles. The number of benzene rings is 4. The fourth-order valence-electron chi connectivity index (χ4n) is 4.16. The van der Waals surface area contributed by atoms with E-state index in [1.807, 2.05) is 78.9 Å². The molecule has 1 atom stereocenters. The summed E-state index contributed by atoms with van der Waals surface area (Å²) in [5.41, 5.74) is 4.86. The summed E-state index contributed by atoms with van der Waals surface area (Å²) in [5, 5.41) is 12.3. The summed E-state index contributed by atoms with van der Waals surface area (Å²) in [6.07, 6.45) is 0.230. The minimum atomic E-state index is -1.05. The van der Waals surface area contributed by atoms with Gasteiger partial charge in [0, 0.05) is 31.6 Å². The average Bonchev–Trinajstić information content (AvgIpc) is 2.90. The van der Waals surface area contributed by atoms with Crippen LogP contribution in [0.15, 0.2) is 115 Å². The molecule has 0 unspecified atom stereocenters. The highest BCUT2D eigenvalue weighted by Crippen LogP contribution is 2.15. The van der Waals surface area contributed by atoms with E-state index in [-0.39, 0.29) is 6.42 Å². The molecule has 36 heavy (non-hydrogen) atoms. The van der Waals surface area contributed by atoms with Crippen molar-refractivity contribution < 1.29 is 14.7 Å². The fraction of sp³-hybridized carbons (Fsp3) is 0.161. The predicted octanol–water partition coefficient (Wildman–Crippen LogP) is 5.31. The Morgan fingerprint density at radius 3 is 1.47 bits per heavy atom. The molecule has 5 nitrogen and oxygen atoms in total. The van der Waals surface area contributed by atoms with E-state index in [1.54, 1.807) is 12.1 Å². The van der Waals surface area contributed by atoms with Crippen molar-refractivity contribution in [2.45, 2.75) is 32.1 Å². The van der Waals surface area contributed by atoms with Gasteiger partial charge in [0.1, 0.15) is 6.04 Å². The Morgan fingerprint density at radius 2 is 1.03 bits per heavy atom. The van der Waals surface area contributed by atoms with Gasteiger partial charge in [0.2, 0.25) is 0 Å². The van der Waals surface area contributed by atoms with E-state index in [0.717, 1.165) is 30.8 Å². The largest absolute Gasteiger partial charge is 0.480 e. The zero-order chi connectivity index (χ0) is 25.2. The third-order valence-electron chi connectivity index (χ3n) is 6.01. The van der Waals surface area contributed by atoms with E-state index >= 15 is 0 Å². The molecule has 2 N–H and O–H groups in total. The highest BCUT2D eigenvalue weighted by molar-refractivity contribution is 5.96. The molecule has 0 saturated heterocycles. The first-order valence-corrected chi connectivity index (χ1v) is 12.0. The van der Waals surface area contributed by atoms with E-state index in [4.69, 9.17) is 0 Å². The summed E-state index contributed by atoms with van der Waals surface area (Å²) in [6.45, 7) is 2.33. The molecular formula is C31H30N2O3. The van der Waals surface area contributed by atoms with Crippen LogP contribution in [0.25, 0.3) is 0 Å². The van der Waals surface area contributed by atoms with Crippen LogP contribution in [-0.2, 0) is 30.8 Å². The van der Waals surface area contributed by atoms with Crippen molar-refractivity contribution >= 4 is 11.9 Å². The van der Waals surface area contributed by atoms with Crippen molar-refractivity contribution in [3.05, 3.63) is 143 Å². The van der Waals surface area contributed by atoms with E-state index < -0.39 is 17.9 Å². The molecule has 0 aliphatic rings. The minimum Gasteiger partial charge on any atom is -0.480 e. The second kappa shape index (κ2) is 12.5. The number of carboxylic acids is 1. The van der Waals surface area contributed by atoms with Crippen LogP contribution in [0.1, 0.15) is 32.6 Å². The van der Waals surface area contributed by atoms with Crippen LogP contribution >= 0.6 is 0 Å².